The van der Waals surface area contributed by atoms with Crippen LogP contribution in [0.2, 0.25) is 0 Å². The Bertz CT molecular complexity index is 2870. The third-order valence-corrected chi connectivity index (χ3v) is 12.6. The van der Waals surface area contributed by atoms with Crippen LogP contribution in [0.15, 0.2) is 140 Å². The molecule has 3 aliphatic rings. The first-order valence-corrected chi connectivity index (χ1v) is 19.1. The summed E-state index contributed by atoms with van der Waals surface area (Å²) in [5, 5.41) is 2.62. The molecular weight excluding hydrogens is 639 g/mol. The Balaban J connectivity index is 1.32. The van der Waals surface area contributed by atoms with Gasteiger partial charge in [0.25, 0.3) is 0 Å². The maximum Gasteiger partial charge on any atom is 0.333 e. The molecule has 1 aromatic heterocycles. The summed E-state index contributed by atoms with van der Waals surface area (Å²) in [6.45, 7) is 14.0. The number of aromatic nitrogens is 1. The molecule has 2 nitrogen and oxygen atoms in total. The van der Waals surface area contributed by atoms with Gasteiger partial charge in [0.2, 0.25) is 0 Å². The average molecular weight is 681 g/mol. The van der Waals surface area contributed by atoms with E-state index in [4.69, 9.17) is 0 Å². The highest BCUT2D eigenvalue weighted by molar-refractivity contribution is 6.93. The van der Waals surface area contributed by atoms with Crippen molar-refractivity contribution in [3.05, 3.63) is 162 Å². The lowest BCUT2D eigenvalue weighted by Gasteiger charge is -2.43. The zero-order valence-corrected chi connectivity index (χ0v) is 31.3. The van der Waals surface area contributed by atoms with Gasteiger partial charge in [0.1, 0.15) is 0 Å². The predicted octanol–water partition coefficient (Wildman–Crippen LogP) is 11.6. The Hall–Kier alpha value is -5.80. The van der Waals surface area contributed by atoms with Crippen molar-refractivity contribution in [1.29, 1.82) is 0 Å². The van der Waals surface area contributed by atoms with E-state index in [2.05, 4.69) is 190 Å². The van der Waals surface area contributed by atoms with Crippen molar-refractivity contribution in [3.63, 3.8) is 0 Å². The summed E-state index contributed by atoms with van der Waals surface area (Å²) in [6.07, 6.45) is 0. The minimum atomic E-state index is -0.106. The number of benzene rings is 7. The van der Waals surface area contributed by atoms with E-state index in [0.29, 0.717) is 0 Å². The quantitative estimate of drug-likeness (QED) is 0.165. The van der Waals surface area contributed by atoms with Gasteiger partial charge in [0, 0.05) is 44.4 Å². The first-order chi connectivity index (χ1) is 25.6. The Labute approximate surface area is 312 Å². The van der Waals surface area contributed by atoms with Crippen LogP contribution in [0.5, 0.6) is 0 Å². The van der Waals surface area contributed by atoms with Gasteiger partial charge in [-0.25, -0.2) is 0 Å². The second kappa shape index (κ2) is 10.4. The molecule has 0 saturated carbocycles. The molecule has 0 spiro atoms. The third kappa shape index (κ3) is 4.06. The highest BCUT2D eigenvalue weighted by atomic mass is 15.1. The van der Waals surface area contributed by atoms with Gasteiger partial charge in [-0.15, -0.1) is 0 Å². The van der Waals surface area contributed by atoms with E-state index in [-0.39, 0.29) is 17.7 Å². The summed E-state index contributed by atoms with van der Waals surface area (Å²) >= 11 is 0. The third-order valence-electron chi connectivity index (χ3n) is 12.6. The number of rotatable bonds is 2. The van der Waals surface area contributed by atoms with Crippen LogP contribution < -0.4 is 15.7 Å². The summed E-state index contributed by atoms with van der Waals surface area (Å²) in [7, 11) is 0. The van der Waals surface area contributed by atoms with Gasteiger partial charge in [0.05, 0.1) is 11.0 Å². The molecule has 0 unspecified atom stereocenters. The lowest BCUT2D eigenvalue weighted by molar-refractivity contribution is 0.590. The number of fused-ring (bicyclic) bond motifs is 10. The van der Waals surface area contributed by atoms with Crippen LogP contribution in [0.1, 0.15) is 56.9 Å². The molecular formula is C50H41BN2. The summed E-state index contributed by atoms with van der Waals surface area (Å²) < 4.78 is 2.57. The van der Waals surface area contributed by atoms with Crippen molar-refractivity contribution in [2.75, 3.05) is 4.81 Å². The Morgan fingerprint density at radius 1 is 0.547 bits per heavy atom. The highest BCUT2D eigenvalue weighted by Gasteiger charge is 2.46. The smallest absolute Gasteiger partial charge is 0.333 e. The molecule has 11 rings (SSSR count). The molecule has 0 N–H and O–H groups in total. The maximum atomic E-state index is 2.72. The van der Waals surface area contributed by atoms with Crippen LogP contribution in [0.25, 0.3) is 60.9 Å². The van der Waals surface area contributed by atoms with Crippen LogP contribution in [0.4, 0.5) is 11.4 Å². The first kappa shape index (κ1) is 30.8. The molecule has 0 bridgehead atoms. The summed E-state index contributed by atoms with van der Waals surface area (Å²) in [4.78, 5) is 2.72. The van der Waals surface area contributed by atoms with E-state index in [0.717, 1.165) is 0 Å². The molecule has 0 saturated heterocycles. The largest absolute Gasteiger partial charge is 0.376 e. The van der Waals surface area contributed by atoms with Gasteiger partial charge in [-0.2, -0.15) is 0 Å². The number of para-hydroxylation sites is 2. The van der Waals surface area contributed by atoms with Crippen LogP contribution in [-0.4, -0.2) is 11.4 Å². The number of anilines is 2. The lowest BCUT2D eigenvalue weighted by Crippen LogP contribution is -2.60. The Morgan fingerprint density at radius 3 is 2.13 bits per heavy atom. The van der Waals surface area contributed by atoms with Gasteiger partial charge in [-0.3, -0.25) is 0 Å². The fraction of sp³-hybridized carbons (Fsp3) is 0.160. The fourth-order valence-electron chi connectivity index (χ4n) is 10.0. The standard InChI is InChI=1S/C50H41BN2/c1-30-25-39-38-28-41-37(33-17-10-12-20-40(33)50(41,5)6)29-45(38)53(44-24-23-32(49(2,3)4)27-36(44)31-15-8-7-9-16-31)51-42-21-14-19-35-34-18-11-13-22-43(34)52(48(35)42)46(26-30)47(39)51/h7-29H,1-6H3. The highest BCUT2D eigenvalue weighted by Crippen LogP contribution is 2.55. The molecule has 0 amide bonds. The van der Waals surface area contributed by atoms with Crippen molar-refractivity contribution in [2.45, 2.75) is 52.4 Å². The van der Waals surface area contributed by atoms with Gasteiger partial charge in [0.15, 0.2) is 0 Å². The summed E-state index contributed by atoms with van der Waals surface area (Å²) in [5.41, 5.74) is 22.3. The lowest BCUT2D eigenvalue weighted by atomic mass is 9.43. The number of aryl methyl sites for hydroxylation is 1. The molecule has 254 valence electrons. The summed E-state index contributed by atoms with van der Waals surface area (Å²) in [6, 6.07) is 53.3. The van der Waals surface area contributed by atoms with Gasteiger partial charge >= 0.3 is 6.85 Å². The molecule has 3 heteroatoms. The van der Waals surface area contributed by atoms with Crippen molar-refractivity contribution in [1.82, 2.24) is 4.57 Å². The second-order valence-corrected chi connectivity index (χ2v) is 17.0. The predicted molar refractivity (Wildman–Crippen MR) is 226 cm³/mol. The minimum absolute atomic E-state index is 0.00659. The van der Waals surface area contributed by atoms with Crippen molar-refractivity contribution in [3.8, 4) is 39.1 Å². The van der Waals surface area contributed by atoms with Crippen LogP contribution >= 0.6 is 0 Å². The van der Waals surface area contributed by atoms with Gasteiger partial charge in [-0.1, -0.05) is 138 Å². The number of hydrogen-bond donors (Lipinski definition) is 0. The molecule has 8 aromatic rings. The van der Waals surface area contributed by atoms with Gasteiger partial charge < -0.3 is 9.38 Å². The molecule has 1 aliphatic carbocycles. The molecule has 0 fully saturated rings. The zero-order chi connectivity index (χ0) is 36.0. The normalized spacial score (nSPS) is 14.7. The first-order valence-electron chi connectivity index (χ1n) is 19.1. The Kier molecular flexibility index (Phi) is 6.05. The van der Waals surface area contributed by atoms with Crippen LogP contribution in [-0.2, 0) is 10.8 Å². The number of hydrogen-bond acceptors (Lipinski definition) is 1. The fourth-order valence-corrected chi connectivity index (χ4v) is 10.0. The van der Waals surface area contributed by atoms with E-state index < -0.39 is 0 Å². The van der Waals surface area contributed by atoms with E-state index in [1.165, 1.54) is 105 Å². The molecule has 2 aliphatic heterocycles. The zero-order valence-electron chi connectivity index (χ0n) is 31.3. The van der Waals surface area contributed by atoms with Crippen molar-refractivity contribution < 1.29 is 0 Å². The average Bonchev–Trinajstić information content (AvgIpc) is 3.62. The second-order valence-electron chi connectivity index (χ2n) is 17.0. The van der Waals surface area contributed by atoms with E-state index >= 15 is 0 Å². The topological polar surface area (TPSA) is 8.17 Å². The minimum Gasteiger partial charge on any atom is -0.376 e. The number of nitrogens with zero attached hydrogens (tertiary/aromatic N) is 2. The Morgan fingerprint density at radius 2 is 1.30 bits per heavy atom. The molecule has 0 radical (unpaired) electrons. The molecule has 53 heavy (non-hydrogen) atoms. The van der Waals surface area contributed by atoms with E-state index in [1.807, 2.05) is 0 Å². The molecule has 0 atom stereocenters. The maximum absolute atomic E-state index is 2.72. The van der Waals surface area contributed by atoms with Crippen LogP contribution in [0.3, 0.4) is 0 Å². The van der Waals surface area contributed by atoms with Crippen molar-refractivity contribution in [2.24, 2.45) is 0 Å². The molecule has 7 aromatic carbocycles. The molecule has 3 heterocycles. The SMILES string of the molecule is Cc1cc2c3c(c1)-n1c4ccccc4c4cccc(c41)B3N(c1ccc(C(C)(C)C)cc1-c1ccccc1)c1cc3c(cc1-2)C(C)(C)c1ccccc1-3. The summed E-state index contributed by atoms with van der Waals surface area (Å²) in [5.74, 6) is 0. The van der Waals surface area contributed by atoms with E-state index in [1.54, 1.807) is 0 Å². The van der Waals surface area contributed by atoms with Gasteiger partial charge in [-0.05, 0) is 104 Å². The van der Waals surface area contributed by atoms with Crippen LogP contribution in [0, 0.1) is 6.92 Å². The van der Waals surface area contributed by atoms with E-state index in [9.17, 15) is 0 Å². The monoisotopic (exact) mass is 680 g/mol. The van der Waals surface area contributed by atoms with Crippen molar-refractivity contribution >= 4 is 51.0 Å².